The van der Waals surface area contributed by atoms with Crippen LogP contribution >= 0.6 is 15.9 Å². The smallest absolute Gasteiger partial charge is 0.256 e. The summed E-state index contributed by atoms with van der Waals surface area (Å²) in [7, 11) is 1.84. The lowest BCUT2D eigenvalue weighted by atomic mass is 10.1. The molecule has 1 saturated heterocycles. The van der Waals surface area contributed by atoms with E-state index in [9.17, 15) is 4.79 Å². The van der Waals surface area contributed by atoms with Gasteiger partial charge in [-0.3, -0.25) is 4.79 Å². The molecule has 0 spiro atoms. The third kappa shape index (κ3) is 2.84. The van der Waals surface area contributed by atoms with Crippen LogP contribution in [0, 0.1) is 0 Å². The maximum absolute atomic E-state index is 12.3. The highest BCUT2D eigenvalue weighted by Crippen LogP contribution is 2.19. The molecule has 0 N–H and O–H groups in total. The quantitative estimate of drug-likeness (QED) is 0.785. The van der Waals surface area contributed by atoms with Gasteiger partial charge in [-0.1, -0.05) is 0 Å². The van der Waals surface area contributed by atoms with Crippen LogP contribution in [0.4, 0.5) is 0 Å². The lowest BCUT2D eigenvalue weighted by Crippen LogP contribution is -2.40. The molecule has 2 rings (SSSR count). The molecule has 5 heteroatoms. The van der Waals surface area contributed by atoms with E-state index in [4.69, 9.17) is 4.74 Å². The number of hydrogen-bond donors (Lipinski definition) is 0. The highest BCUT2D eigenvalue weighted by Gasteiger charge is 2.24. The fraction of sp³-hybridized carbons (Fsp3) is 0.500. The summed E-state index contributed by atoms with van der Waals surface area (Å²) in [4.78, 5) is 18.1. The summed E-state index contributed by atoms with van der Waals surface area (Å²) in [5, 5.41) is 0. The van der Waals surface area contributed by atoms with Gasteiger partial charge >= 0.3 is 0 Å². The fourth-order valence-electron chi connectivity index (χ4n) is 1.97. The Labute approximate surface area is 109 Å². The van der Waals surface area contributed by atoms with E-state index in [-0.39, 0.29) is 11.9 Å². The Morgan fingerprint density at radius 1 is 1.53 bits per heavy atom. The van der Waals surface area contributed by atoms with Crippen LogP contribution in [0.25, 0.3) is 0 Å². The number of amides is 1. The molecule has 1 aromatic heterocycles. The zero-order chi connectivity index (χ0) is 12.3. The molecule has 0 radical (unpaired) electrons. The van der Waals surface area contributed by atoms with Crippen molar-refractivity contribution in [2.45, 2.75) is 18.9 Å². The number of nitrogens with zero attached hydrogens (tertiary/aromatic N) is 2. The second-order valence-corrected chi connectivity index (χ2v) is 4.85. The van der Waals surface area contributed by atoms with Crippen LogP contribution in [0.15, 0.2) is 22.9 Å². The topological polar surface area (TPSA) is 42.4 Å². The summed E-state index contributed by atoms with van der Waals surface area (Å²) in [6.45, 7) is 1.47. The van der Waals surface area contributed by atoms with E-state index in [0.29, 0.717) is 10.2 Å². The predicted molar refractivity (Wildman–Crippen MR) is 67.9 cm³/mol. The van der Waals surface area contributed by atoms with Crippen molar-refractivity contribution in [2.75, 3.05) is 20.3 Å². The first kappa shape index (κ1) is 12.5. The van der Waals surface area contributed by atoms with Gasteiger partial charge in [-0.25, -0.2) is 4.98 Å². The SMILES string of the molecule is CN(C(=O)c1cccnc1Br)C1CCOCC1. The van der Waals surface area contributed by atoms with Gasteiger partial charge in [0.15, 0.2) is 0 Å². The number of carbonyl (C=O) groups is 1. The van der Waals surface area contributed by atoms with E-state index in [1.54, 1.807) is 23.2 Å². The summed E-state index contributed by atoms with van der Waals surface area (Å²) in [6, 6.07) is 3.83. The number of pyridine rings is 1. The average molecular weight is 299 g/mol. The molecule has 0 atom stereocenters. The lowest BCUT2D eigenvalue weighted by molar-refractivity contribution is 0.0361. The second-order valence-electron chi connectivity index (χ2n) is 4.10. The van der Waals surface area contributed by atoms with Crippen LogP contribution in [0.1, 0.15) is 23.2 Å². The van der Waals surface area contributed by atoms with Crippen molar-refractivity contribution in [3.05, 3.63) is 28.5 Å². The van der Waals surface area contributed by atoms with E-state index in [2.05, 4.69) is 20.9 Å². The molecule has 92 valence electrons. The third-order valence-corrected chi connectivity index (χ3v) is 3.68. The number of hydrogen-bond acceptors (Lipinski definition) is 3. The van der Waals surface area contributed by atoms with Gasteiger partial charge in [-0.05, 0) is 40.9 Å². The first-order valence-electron chi connectivity index (χ1n) is 5.65. The summed E-state index contributed by atoms with van der Waals surface area (Å²) >= 11 is 3.31. The summed E-state index contributed by atoms with van der Waals surface area (Å²) in [5.74, 6) is 0.0110. The molecule has 0 aliphatic carbocycles. The Hall–Kier alpha value is -0.940. The van der Waals surface area contributed by atoms with Gasteiger partial charge in [0.2, 0.25) is 0 Å². The molecule has 0 unspecified atom stereocenters. The summed E-state index contributed by atoms with van der Waals surface area (Å²) in [5.41, 5.74) is 0.612. The third-order valence-electron chi connectivity index (χ3n) is 3.05. The molecule has 0 saturated carbocycles. The van der Waals surface area contributed by atoms with Gasteiger partial charge in [0.25, 0.3) is 5.91 Å². The number of ether oxygens (including phenoxy) is 1. The number of halogens is 1. The fourth-order valence-corrected chi connectivity index (χ4v) is 2.39. The maximum atomic E-state index is 12.3. The Morgan fingerprint density at radius 3 is 2.88 bits per heavy atom. The molecule has 1 aliphatic heterocycles. The van der Waals surface area contributed by atoms with Gasteiger partial charge in [-0.2, -0.15) is 0 Å². The molecule has 1 fully saturated rings. The van der Waals surface area contributed by atoms with Crippen molar-refractivity contribution >= 4 is 21.8 Å². The van der Waals surface area contributed by atoms with Crippen LogP contribution in [0.2, 0.25) is 0 Å². The molecule has 2 heterocycles. The van der Waals surface area contributed by atoms with Crippen LogP contribution < -0.4 is 0 Å². The molecular formula is C12H15BrN2O2. The summed E-state index contributed by atoms with van der Waals surface area (Å²) in [6.07, 6.45) is 3.47. The van der Waals surface area contributed by atoms with E-state index < -0.39 is 0 Å². The number of aromatic nitrogens is 1. The van der Waals surface area contributed by atoms with Crippen LogP contribution in [0.3, 0.4) is 0 Å². The normalized spacial score (nSPS) is 16.8. The monoisotopic (exact) mass is 298 g/mol. The Kier molecular flexibility index (Phi) is 4.12. The first-order valence-corrected chi connectivity index (χ1v) is 6.45. The standard InChI is InChI=1S/C12H15BrN2O2/c1-15(9-4-7-17-8-5-9)12(16)10-3-2-6-14-11(10)13/h2-3,6,9H,4-5,7-8H2,1H3. The highest BCUT2D eigenvalue weighted by atomic mass is 79.9. The molecule has 1 aliphatic rings. The van der Waals surface area contributed by atoms with E-state index >= 15 is 0 Å². The molecule has 1 aromatic rings. The van der Waals surface area contributed by atoms with Gasteiger partial charge < -0.3 is 9.64 Å². The molecule has 17 heavy (non-hydrogen) atoms. The van der Waals surface area contributed by atoms with Crippen molar-refractivity contribution in [3.8, 4) is 0 Å². The molecule has 4 nitrogen and oxygen atoms in total. The molecule has 0 aromatic carbocycles. The average Bonchev–Trinajstić information content (AvgIpc) is 2.39. The Morgan fingerprint density at radius 2 is 2.24 bits per heavy atom. The number of rotatable bonds is 2. The largest absolute Gasteiger partial charge is 0.381 e. The van der Waals surface area contributed by atoms with Crippen LogP contribution in [0.5, 0.6) is 0 Å². The molecule has 0 bridgehead atoms. The highest BCUT2D eigenvalue weighted by molar-refractivity contribution is 9.10. The van der Waals surface area contributed by atoms with Crippen molar-refractivity contribution in [2.24, 2.45) is 0 Å². The number of carbonyl (C=O) groups excluding carboxylic acids is 1. The van der Waals surface area contributed by atoms with Crippen LogP contribution in [-0.4, -0.2) is 42.1 Å². The Bertz CT molecular complexity index is 405. The van der Waals surface area contributed by atoms with Crippen molar-refractivity contribution in [1.82, 2.24) is 9.88 Å². The van der Waals surface area contributed by atoms with Gasteiger partial charge in [0, 0.05) is 32.5 Å². The maximum Gasteiger partial charge on any atom is 0.256 e. The molecule has 1 amide bonds. The molecular weight excluding hydrogens is 284 g/mol. The zero-order valence-electron chi connectivity index (χ0n) is 9.73. The predicted octanol–water partition coefficient (Wildman–Crippen LogP) is 2.10. The van der Waals surface area contributed by atoms with E-state index in [1.165, 1.54) is 0 Å². The minimum absolute atomic E-state index is 0.0110. The minimum atomic E-state index is 0.0110. The van der Waals surface area contributed by atoms with Crippen molar-refractivity contribution < 1.29 is 9.53 Å². The van der Waals surface area contributed by atoms with Crippen LogP contribution in [-0.2, 0) is 4.74 Å². The van der Waals surface area contributed by atoms with Crippen molar-refractivity contribution in [1.29, 1.82) is 0 Å². The van der Waals surface area contributed by atoms with Crippen molar-refractivity contribution in [3.63, 3.8) is 0 Å². The van der Waals surface area contributed by atoms with Gasteiger partial charge in [-0.15, -0.1) is 0 Å². The minimum Gasteiger partial charge on any atom is -0.381 e. The van der Waals surface area contributed by atoms with Gasteiger partial charge in [0.05, 0.1) is 5.56 Å². The van der Waals surface area contributed by atoms with E-state index in [1.807, 2.05) is 7.05 Å². The summed E-state index contributed by atoms with van der Waals surface area (Å²) < 4.78 is 5.90. The van der Waals surface area contributed by atoms with Gasteiger partial charge in [0.1, 0.15) is 4.60 Å². The lowest BCUT2D eigenvalue weighted by Gasteiger charge is -2.31. The zero-order valence-corrected chi connectivity index (χ0v) is 11.3. The second kappa shape index (κ2) is 5.60. The van der Waals surface area contributed by atoms with E-state index in [0.717, 1.165) is 26.1 Å². The first-order chi connectivity index (χ1) is 8.20. The Balaban J connectivity index is 2.11.